The number of anilines is 1. The highest BCUT2D eigenvalue weighted by Gasteiger charge is 2.38. The van der Waals surface area contributed by atoms with Gasteiger partial charge in [0, 0.05) is 31.9 Å². The molecule has 0 atom stereocenters. The number of amides is 2. The van der Waals surface area contributed by atoms with Crippen molar-refractivity contribution in [2.45, 2.75) is 25.7 Å². The van der Waals surface area contributed by atoms with E-state index < -0.39 is 5.41 Å². The van der Waals surface area contributed by atoms with Crippen molar-refractivity contribution in [1.82, 2.24) is 10.2 Å². The number of carbonyl (C=O) groups excluding carboxylic acids is 2. The molecular formula is C18H25N3O3. The highest BCUT2D eigenvalue weighted by Crippen LogP contribution is 2.37. The zero-order valence-corrected chi connectivity index (χ0v) is 14.4. The molecule has 1 saturated heterocycles. The van der Waals surface area contributed by atoms with Crippen LogP contribution in [-0.2, 0) is 26.2 Å². The Morgan fingerprint density at radius 1 is 1.33 bits per heavy atom. The number of hydrogen-bond donors (Lipinski definition) is 2. The van der Waals surface area contributed by atoms with E-state index in [2.05, 4.69) is 15.5 Å². The highest BCUT2D eigenvalue weighted by molar-refractivity contribution is 6.05. The van der Waals surface area contributed by atoms with Gasteiger partial charge in [-0.05, 0) is 31.0 Å². The minimum absolute atomic E-state index is 0.00427. The smallest absolute Gasteiger partial charge is 0.234 e. The number of nitrogens with one attached hydrogen (secondary N) is 2. The standard InChI is InChI=1S/C18H25N3O3/c1-18(2)14-11-13(3-4-15(14)20-17(18)23)12-16(22)19-5-6-21-7-9-24-10-8-21/h3-4,11H,5-10,12H2,1-2H3,(H,19,22)(H,20,23). The van der Waals surface area contributed by atoms with Gasteiger partial charge in [0.25, 0.3) is 0 Å². The summed E-state index contributed by atoms with van der Waals surface area (Å²) in [6, 6.07) is 5.76. The first kappa shape index (κ1) is 16.9. The number of ether oxygens (including phenoxy) is 1. The Morgan fingerprint density at radius 2 is 2.08 bits per heavy atom. The molecule has 0 aliphatic carbocycles. The van der Waals surface area contributed by atoms with Gasteiger partial charge in [-0.15, -0.1) is 0 Å². The lowest BCUT2D eigenvalue weighted by molar-refractivity contribution is -0.120. The van der Waals surface area contributed by atoms with E-state index in [4.69, 9.17) is 4.74 Å². The summed E-state index contributed by atoms with van der Waals surface area (Å²) < 4.78 is 5.31. The van der Waals surface area contributed by atoms with E-state index in [1.165, 1.54) is 0 Å². The highest BCUT2D eigenvalue weighted by atomic mass is 16.5. The zero-order chi connectivity index (χ0) is 17.2. The number of fused-ring (bicyclic) bond motifs is 1. The van der Waals surface area contributed by atoms with E-state index in [1.807, 2.05) is 32.0 Å². The third kappa shape index (κ3) is 3.60. The molecule has 6 heteroatoms. The molecule has 2 heterocycles. The van der Waals surface area contributed by atoms with Crippen LogP contribution in [0.3, 0.4) is 0 Å². The fourth-order valence-electron chi connectivity index (χ4n) is 3.15. The molecule has 130 valence electrons. The SMILES string of the molecule is CC1(C)C(=O)Nc2ccc(CC(=O)NCCN3CCOCC3)cc21. The van der Waals surface area contributed by atoms with E-state index in [0.29, 0.717) is 13.0 Å². The molecule has 0 spiro atoms. The van der Waals surface area contributed by atoms with Crippen molar-refractivity contribution in [2.24, 2.45) is 0 Å². The quantitative estimate of drug-likeness (QED) is 0.841. The van der Waals surface area contributed by atoms with Gasteiger partial charge < -0.3 is 15.4 Å². The van der Waals surface area contributed by atoms with Crippen molar-refractivity contribution in [2.75, 3.05) is 44.7 Å². The van der Waals surface area contributed by atoms with Crippen LogP contribution in [-0.4, -0.2) is 56.1 Å². The first-order valence-electron chi connectivity index (χ1n) is 8.48. The first-order chi connectivity index (χ1) is 11.5. The molecule has 24 heavy (non-hydrogen) atoms. The van der Waals surface area contributed by atoms with E-state index in [-0.39, 0.29) is 11.8 Å². The summed E-state index contributed by atoms with van der Waals surface area (Å²) in [4.78, 5) is 26.4. The van der Waals surface area contributed by atoms with Crippen molar-refractivity contribution in [1.29, 1.82) is 0 Å². The molecule has 6 nitrogen and oxygen atoms in total. The monoisotopic (exact) mass is 331 g/mol. The van der Waals surface area contributed by atoms with Crippen LogP contribution in [0.1, 0.15) is 25.0 Å². The Bertz CT molecular complexity index is 636. The van der Waals surface area contributed by atoms with Crippen molar-refractivity contribution in [3.63, 3.8) is 0 Å². The van der Waals surface area contributed by atoms with Crippen LogP contribution >= 0.6 is 0 Å². The largest absolute Gasteiger partial charge is 0.379 e. The van der Waals surface area contributed by atoms with Crippen LogP contribution in [0.25, 0.3) is 0 Å². The van der Waals surface area contributed by atoms with Crippen LogP contribution in [0.15, 0.2) is 18.2 Å². The van der Waals surface area contributed by atoms with Gasteiger partial charge in [-0.2, -0.15) is 0 Å². The summed E-state index contributed by atoms with van der Waals surface area (Å²) in [6.45, 7) is 8.70. The molecule has 0 saturated carbocycles. The van der Waals surface area contributed by atoms with Gasteiger partial charge in [-0.1, -0.05) is 12.1 Å². The number of rotatable bonds is 5. The maximum Gasteiger partial charge on any atom is 0.234 e. The molecule has 2 amide bonds. The normalized spacial score (nSPS) is 19.7. The summed E-state index contributed by atoms with van der Waals surface area (Å²) >= 11 is 0. The molecule has 2 aliphatic rings. The average molecular weight is 331 g/mol. The molecule has 1 aromatic carbocycles. The lowest BCUT2D eigenvalue weighted by Crippen LogP contribution is -2.41. The second-order valence-electron chi connectivity index (χ2n) is 6.94. The zero-order valence-electron chi connectivity index (χ0n) is 14.4. The summed E-state index contributed by atoms with van der Waals surface area (Å²) in [5.74, 6) is 0.0166. The Morgan fingerprint density at radius 3 is 2.83 bits per heavy atom. The summed E-state index contributed by atoms with van der Waals surface area (Å²) in [6.07, 6.45) is 0.334. The third-order valence-corrected chi connectivity index (χ3v) is 4.79. The van der Waals surface area contributed by atoms with Crippen LogP contribution in [0.2, 0.25) is 0 Å². The predicted molar refractivity (Wildman–Crippen MR) is 92.1 cm³/mol. The first-order valence-corrected chi connectivity index (χ1v) is 8.48. The van der Waals surface area contributed by atoms with E-state index in [9.17, 15) is 9.59 Å². The second-order valence-corrected chi connectivity index (χ2v) is 6.94. The van der Waals surface area contributed by atoms with Gasteiger partial charge in [0.05, 0.1) is 25.0 Å². The fourth-order valence-corrected chi connectivity index (χ4v) is 3.15. The van der Waals surface area contributed by atoms with E-state index in [1.54, 1.807) is 0 Å². The topological polar surface area (TPSA) is 70.7 Å². The summed E-state index contributed by atoms with van der Waals surface area (Å²) in [5.41, 5.74) is 2.20. The number of nitrogens with zero attached hydrogens (tertiary/aromatic N) is 1. The van der Waals surface area contributed by atoms with Crippen molar-refractivity contribution < 1.29 is 14.3 Å². The Kier molecular flexibility index (Phi) is 4.87. The summed E-state index contributed by atoms with van der Waals surface area (Å²) in [5, 5.41) is 5.86. The van der Waals surface area contributed by atoms with Crippen LogP contribution in [0.5, 0.6) is 0 Å². The molecule has 1 fully saturated rings. The molecule has 0 bridgehead atoms. The molecule has 0 unspecified atom stereocenters. The van der Waals surface area contributed by atoms with Gasteiger partial charge in [0.1, 0.15) is 0 Å². The molecule has 1 aromatic rings. The van der Waals surface area contributed by atoms with Gasteiger partial charge in [0.2, 0.25) is 11.8 Å². The lowest BCUT2D eigenvalue weighted by atomic mass is 9.85. The molecular weight excluding hydrogens is 306 g/mol. The van der Waals surface area contributed by atoms with Crippen molar-refractivity contribution in [3.05, 3.63) is 29.3 Å². The number of morpholine rings is 1. The van der Waals surface area contributed by atoms with Crippen LogP contribution in [0, 0.1) is 0 Å². The maximum atomic E-state index is 12.1. The van der Waals surface area contributed by atoms with Crippen LogP contribution < -0.4 is 10.6 Å². The average Bonchev–Trinajstić information content (AvgIpc) is 2.78. The van der Waals surface area contributed by atoms with E-state index in [0.717, 1.165) is 49.7 Å². The fraction of sp³-hybridized carbons (Fsp3) is 0.556. The van der Waals surface area contributed by atoms with Crippen molar-refractivity contribution in [3.8, 4) is 0 Å². The van der Waals surface area contributed by atoms with E-state index >= 15 is 0 Å². The lowest BCUT2D eigenvalue weighted by Gasteiger charge is -2.26. The third-order valence-electron chi connectivity index (χ3n) is 4.79. The number of carbonyl (C=O) groups is 2. The van der Waals surface area contributed by atoms with Crippen LogP contribution in [0.4, 0.5) is 5.69 Å². The molecule has 0 aromatic heterocycles. The molecule has 0 radical (unpaired) electrons. The molecule has 2 N–H and O–H groups in total. The molecule has 3 rings (SSSR count). The van der Waals surface area contributed by atoms with Crippen molar-refractivity contribution >= 4 is 17.5 Å². The Labute approximate surface area is 142 Å². The van der Waals surface area contributed by atoms with Gasteiger partial charge in [0.15, 0.2) is 0 Å². The Balaban J connectivity index is 1.52. The minimum Gasteiger partial charge on any atom is -0.379 e. The summed E-state index contributed by atoms with van der Waals surface area (Å²) in [7, 11) is 0. The minimum atomic E-state index is -0.543. The number of hydrogen-bond acceptors (Lipinski definition) is 4. The second kappa shape index (κ2) is 6.91. The number of benzene rings is 1. The van der Waals surface area contributed by atoms with Gasteiger partial charge in [-0.3, -0.25) is 14.5 Å². The maximum absolute atomic E-state index is 12.1. The molecule has 2 aliphatic heterocycles. The predicted octanol–water partition coefficient (Wildman–Crippen LogP) is 0.907. The van der Waals surface area contributed by atoms with Gasteiger partial charge >= 0.3 is 0 Å². The van der Waals surface area contributed by atoms with Gasteiger partial charge in [-0.25, -0.2) is 0 Å². The Hall–Kier alpha value is -1.92.